The molecule has 138 valence electrons. The fourth-order valence-electron chi connectivity index (χ4n) is 2.39. The number of aliphatic hydroxyl groups is 2. The van der Waals surface area contributed by atoms with Gasteiger partial charge in [-0.2, -0.15) is 0 Å². The van der Waals surface area contributed by atoms with Crippen LogP contribution in [-0.2, 0) is 14.1 Å². The summed E-state index contributed by atoms with van der Waals surface area (Å²) in [5.41, 5.74) is 0.276. The van der Waals surface area contributed by atoms with E-state index < -0.39 is 30.5 Å². The highest BCUT2D eigenvalue weighted by molar-refractivity contribution is 8.13. The summed E-state index contributed by atoms with van der Waals surface area (Å²) in [6.07, 6.45) is -0.161. The topological polar surface area (TPSA) is 88.9 Å². The normalized spacial score (nSPS) is 21.2. The summed E-state index contributed by atoms with van der Waals surface area (Å²) in [6, 6.07) is 3.44. The molecule has 1 fully saturated rings. The number of carbonyl (C=O) groups excluding carboxylic acids is 1. The summed E-state index contributed by atoms with van der Waals surface area (Å²) in [5, 5.41) is 20.2. The zero-order chi connectivity index (χ0) is 18.8. The van der Waals surface area contributed by atoms with Gasteiger partial charge in [-0.3, -0.25) is 9.78 Å². The lowest BCUT2D eigenvalue weighted by molar-refractivity contribution is -0.109. The molecule has 0 aromatic carbocycles. The number of thioether (sulfide) groups is 1. The first-order chi connectivity index (χ1) is 11.5. The monoisotopic (exact) mass is 367 g/mol. The fourth-order valence-corrected chi connectivity index (χ4v) is 3.04. The quantitative estimate of drug-likeness (QED) is 0.736. The van der Waals surface area contributed by atoms with E-state index in [1.807, 2.05) is 27.7 Å². The third-order valence-corrected chi connectivity index (χ3v) is 5.57. The lowest BCUT2D eigenvalue weighted by atomic mass is 9.80. The van der Waals surface area contributed by atoms with E-state index >= 15 is 0 Å². The van der Waals surface area contributed by atoms with Crippen molar-refractivity contribution in [3.8, 4) is 0 Å². The van der Waals surface area contributed by atoms with Gasteiger partial charge in [0, 0.05) is 24.3 Å². The second-order valence-corrected chi connectivity index (χ2v) is 8.52. The zero-order valence-electron chi connectivity index (χ0n) is 15.4. The first kappa shape index (κ1) is 20.4. The molecule has 8 heteroatoms. The summed E-state index contributed by atoms with van der Waals surface area (Å²) in [7, 11) is -0.513. The summed E-state index contributed by atoms with van der Waals surface area (Å²) >= 11 is 1.13. The minimum absolute atomic E-state index is 0.00780. The number of carbonyl (C=O) groups is 1. The molecule has 25 heavy (non-hydrogen) atoms. The van der Waals surface area contributed by atoms with Crippen molar-refractivity contribution >= 4 is 29.5 Å². The Morgan fingerprint density at radius 2 is 1.84 bits per heavy atom. The van der Waals surface area contributed by atoms with Crippen LogP contribution in [0.4, 0.5) is 0 Å². The number of hydrogen-bond acceptors (Lipinski definition) is 7. The molecule has 2 heterocycles. The highest BCUT2D eigenvalue weighted by atomic mass is 32.2. The summed E-state index contributed by atoms with van der Waals surface area (Å²) in [5.74, 6) is 0.458. The van der Waals surface area contributed by atoms with Crippen LogP contribution in [0.5, 0.6) is 0 Å². The van der Waals surface area contributed by atoms with Crippen LogP contribution in [0.25, 0.3) is 0 Å². The van der Waals surface area contributed by atoms with Gasteiger partial charge in [-0.15, -0.1) is 0 Å². The van der Waals surface area contributed by atoms with E-state index in [9.17, 15) is 15.0 Å². The Hall–Kier alpha value is -0.925. The predicted octanol–water partition coefficient (Wildman–Crippen LogP) is 1.44. The molecule has 2 N–H and O–H groups in total. The fraction of sp³-hybridized carbons (Fsp3) is 0.647. The number of pyridine rings is 1. The van der Waals surface area contributed by atoms with E-state index in [4.69, 9.17) is 9.31 Å². The van der Waals surface area contributed by atoms with E-state index in [0.29, 0.717) is 17.9 Å². The molecular weight excluding hydrogens is 341 g/mol. The average molecular weight is 367 g/mol. The van der Waals surface area contributed by atoms with Crippen molar-refractivity contribution in [3.05, 3.63) is 24.0 Å². The number of aromatic nitrogens is 1. The number of hydrogen-bond donors (Lipinski definition) is 2. The summed E-state index contributed by atoms with van der Waals surface area (Å²) in [6.45, 7) is 9.40. The SMILES string of the molecule is CC(=O)SCCC(O)C(O)c1ccc(B2OC(C)(C)C(C)(C)O2)cn1. The summed E-state index contributed by atoms with van der Waals surface area (Å²) < 4.78 is 11.9. The molecule has 0 bridgehead atoms. The minimum Gasteiger partial charge on any atom is -0.399 e. The molecule has 1 aromatic heterocycles. The minimum atomic E-state index is -1.10. The van der Waals surface area contributed by atoms with E-state index in [0.717, 1.165) is 17.2 Å². The van der Waals surface area contributed by atoms with Gasteiger partial charge < -0.3 is 19.5 Å². The molecule has 1 aliphatic heterocycles. The number of aliphatic hydroxyl groups excluding tert-OH is 2. The van der Waals surface area contributed by atoms with E-state index in [1.54, 1.807) is 18.3 Å². The molecule has 0 saturated carbocycles. The summed E-state index contributed by atoms with van der Waals surface area (Å²) in [4.78, 5) is 15.1. The molecule has 0 aliphatic carbocycles. The molecule has 1 aliphatic rings. The zero-order valence-corrected chi connectivity index (χ0v) is 16.2. The molecule has 1 aromatic rings. The molecule has 1 saturated heterocycles. The smallest absolute Gasteiger partial charge is 0.399 e. The van der Waals surface area contributed by atoms with Crippen LogP contribution in [0, 0.1) is 0 Å². The molecule has 2 atom stereocenters. The molecule has 0 spiro atoms. The van der Waals surface area contributed by atoms with Gasteiger partial charge in [0.05, 0.1) is 23.0 Å². The molecule has 0 amide bonds. The standard InChI is InChI=1S/C17H26BNO5S/c1-11(20)25-9-8-14(21)15(22)13-7-6-12(10-19-13)18-23-16(2,3)17(4,5)24-18/h6-7,10,14-15,21-22H,8-9H2,1-5H3. The van der Waals surface area contributed by atoms with Gasteiger partial charge in [0.15, 0.2) is 5.12 Å². The molecular formula is C17H26BNO5S. The molecule has 0 radical (unpaired) electrons. The van der Waals surface area contributed by atoms with Crippen LogP contribution in [0.3, 0.4) is 0 Å². The highest BCUT2D eigenvalue weighted by Crippen LogP contribution is 2.36. The molecule has 6 nitrogen and oxygen atoms in total. The first-order valence-electron chi connectivity index (χ1n) is 8.34. The van der Waals surface area contributed by atoms with Crippen molar-refractivity contribution in [1.29, 1.82) is 0 Å². The largest absolute Gasteiger partial charge is 0.496 e. The van der Waals surface area contributed by atoms with Crippen LogP contribution < -0.4 is 5.46 Å². The maximum atomic E-state index is 10.9. The van der Waals surface area contributed by atoms with E-state index in [-0.39, 0.29) is 5.12 Å². The highest BCUT2D eigenvalue weighted by Gasteiger charge is 2.51. The van der Waals surface area contributed by atoms with Crippen LogP contribution >= 0.6 is 11.8 Å². The number of rotatable bonds is 6. The van der Waals surface area contributed by atoms with Crippen LogP contribution in [0.2, 0.25) is 0 Å². The lowest BCUT2D eigenvalue weighted by Gasteiger charge is -2.32. The van der Waals surface area contributed by atoms with Gasteiger partial charge in [-0.05, 0) is 40.2 Å². The van der Waals surface area contributed by atoms with Crippen molar-refractivity contribution in [1.82, 2.24) is 4.98 Å². The first-order valence-corrected chi connectivity index (χ1v) is 9.33. The molecule has 2 unspecified atom stereocenters. The molecule has 2 rings (SSSR count). The van der Waals surface area contributed by atoms with Crippen molar-refractivity contribution < 1.29 is 24.3 Å². The third kappa shape index (κ3) is 4.83. The second-order valence-electron chi connectivity index (χ2n) is 7.25. The Labute approximate surface area is 153 Å². The maximum absolute atomic E-state index is 10.9. The Bertz CT molecular complexity index is 592. The van der Waals surface area contributed by atoms with E-state index in [1.165, 1.54) is 6.92 Å². The Kier molecular flexibility index (Phi) is 6.33. The van der Waals surface area contributed by atoms with Crippen molar-refractivity contribution in [2.24, 2.45) is 0 Å². The number of nitrogens with zero attached hydrogens (tertiary/aromatic N) is 1. The van der Waals surface area contributed by atoms with Gasteiger partial charge in [-0.1, -0.05) is 17.8 Å². The van der Waals surface area contributed by atoms with Gasteiger partial charge in [0.25, 0.3) is 0 Å². The predicted molar refractivity (Wildman–Crippen MR) is 98.7 cm³/mol. The Morgan fingerprint density at radius 3 is 2.32 bits per heavy atom. The van der Waals surface area contributed by atoms with E-state index in [2.05, 4.69) is 4.98 Å². The van der Waals surface area contributed by atoms with Gasteiger partial charge in [-0.25, -0.2) is 0 Å². The Balaban J connectivity index is 1.99. The van der Waals surface area contributed by atoms with Crippen LogP contribution in [0.1, 0.15) is 52.8 Å². The average Bonchev–Trinajstić information content (AvgIpc) is 2.74. The van der Waals surface area contributed by atoms with Crippen LogP contribution in [0.15, 0.2) is 18.3 Å². The van der Waals surface area contributed by atoms with Gasteiger partial charge in [0.2, 0.25) is 0 Å². The van der Waals surface area contributed by atoms with Crippen molar-refractivity contribution in [2.75, 3.05) is 5.75 Å². The van der Waals surface area contributed by atoms with Crippen molar-refractivity contribution in [3.63, 3.8) is 0 Å². The van der Waals surface area contributed by atoms with Crippen LogP contribution in [-0.4, -0.2) is 50.5 Å². The van der Waals surface area contributed by atoms with Gasteiger partial charge in [0.1, 0.15) is 6.10 Å². The third-order valence-electron chi connectivity index (χ3n) is 4.72. The Morgan fingerprint density at radius 1 is 1.24 bits per heavy atom. The lowest BCUT2D eigenvalue weighted by Crippen LogP contribution is -2.41. The second kappa shape index (κ2) is 7.76. The van der Waals surface area contributed by atoms with Crippen molar-refractivity contribution in [2.45, 2.75) is 64.4 Å². The maximum Gasteiger partial charge on any atom is 0.496 e. The van der Waals surface area contributed by atoms with Gasteiger partial charge >= 0.3 is 7.12 Å².